The van der Waals surface area contributed by atoms with Gasteiger partial charge < -0.3 is 9.05 Å². The number of halogens is 2. The van der Waals surface area contributed by atoms with E-state index < -0.39 is 22.9 Å². The Bertz CT molecular complexity index is 1270. The number of carbonyl (C=O) groups excluding carboxylic acids is 1. The average Bonchev–Trinajstić information content (AvgIpc) is 2.88. The number of hydrogen-bond acceptors (Lipinski definition) is 6. The number of benzene rings is 2. The van der Waals surface area contributed by atoms with Gasteiger partial charge in [0.15, 0.2) is 11.1 Å². The zero-order valence-electron chi connectivity index (χ0n) is 20.9. The molecule has 37 heavy (non-hydrogen) atoms. The summed E-state index contributed by atoms with van der Waals surface area (Å²) in [5, 5.41) is -1.62. The van der Waals surface area contributed by atoms with Gasteiger partial charge in [0.2, 0.25) is 10.0 Å². The van der Waals surface area contributed by atoms with Gasteiger partial charge >= 0.3 is 7.60 Å². The number of carbonyl (C=O) groups is 1. The molecule has 0 heterocycles. The lowest BCUT2D eigenvalue weighted by molar-refractivity contribution is 0.103. The Balaban J connectivity index is 2.21. The second-order valence-electron chi connectivity index (χ2n) is 8.77. The molecule has 0 aromatic heterocycles. The number of hydrogen-bond donors (Lipinski definition) is 1. The van der Waals surface area contributed by atoms with Gasteiger partial charge in [-0.3, -0.25) is 9.36 Å². The first kappa shape index (κ1) is 30.2. The monoisotopic (exact) mass is 631 g/mol. The van der Waals surface area contributed by atoms with Crippen molar-refractivity contribution in [1.82, 2.24) is 4.72 Å². The first-order valence-electron chi connectivity index (χ1n) is 12.3. The van der Waals surface area contributed by atoms with Crippen molar-refractivity contribution in [2.75, 3.05) is 13.2 Å². The van der Waals surface area contributed by atoms with Gasteiger partial charge in [-0.05, 0) is 59.1 Å². The summed E-state index contributed by atoms with van der Waals surface area (Å²) in [5.41, 5.74) is 0.403. The van der Waals surface area contributed by atoms with E-state index in [1.807, 2.05) is 13.8 Å². The second kappa shape index (κ2) is 13.2. The smallest absolute Gasteiger partial charge is 0.307 e. The fourth-order valence-corrected chi connectivity index (χ4v) is 8.88. The highest BCUT2D eigenvalue weighted by Crippen LogP contribution is 2.67. The molecule has 2 aromatic carbocycles. The summed E-state index contributed by atoms with van der Waals surface area (Å²) >= 11 is 9.25. The predicted octanol–water partition coefficient (Wildman–Crippen LogP) is 7.55. The minimum Gasteiger partial charge on any atom is -0.307 e. The van der Waals surface area contributed by atoms with Crippen LogP contribution in [0.15, 0.2) is 64.0 Å². The third-order valence-corrected chi connectivity index (χ3v) is 10.9. The zero-order valence-corrected chi connectivity index (χ0v) is 25.0. The average molecular weight is 633 g/mol. The highest BCUT2D eigenvalue weighted by Gasteiger charge is 2.57. The molecule has 1 aliphatic carbocycles. The molecule has 0 fully saturated rings. The topological polar surface area (TPSA) is 98.8 Å². The van der Waals surface area contributed by atoms with E-state index in [-0.39, 0.29) is 39.5 Å². The molecule has 0 saturated carbocycles. The Morgan fingerprint density at radius 2 is 1.51 bits per heavy atom. The van der Waals surface area contributed by atoms with E-state index in [2.05, 4.69) is 20.7 Å². The molecule has 0 saturated heterocycles. The van der Waals surface area contributed by atoms with Gasteiger partial charge in [-0.2, -0.15) is 4.72 Å². The summed E-state index contributed by atoms with van der Waals surface area (Å²) in [6.45, 7) is 4.27. The van der Waals surface area contributed by atoms with E-state index in [1.54, 1.807) is 24.3 Å². The largest absolute Gasteiger partial charge is 0.360 e. The van der Waals surface area contributed by atoms with E-state index in [0.29, 0.717) is 17.9 Å². The number of allylic oxidation sites excluding steroid dienone is 1. The lowest BCUT2D eigenvalue weighted by Crippen LogP contribution is -2.47. The molecule has 2 aromatic rings. The summed E-state index contributed by atoms with van der Waals surface area (Å²) in [4.78, 5) is 12.9. The molecule has 0 amide bonds. The molecule has 0 unspecified atom stereocenters. The van der Waals surface area contributed by atoms with Crippen LogP contribution in [-0.4, -0.2) is 27.4 Å². The van der Waals surface area contributed by atoms with Gasteiger partial charge in [-0.1, -0.05) is 75.4 Å². The number of fused-ring (bicyclic) bond motifs is 1. The number of ketones is 1. The second-order valence-corrected chi connectivity index (χ2v) is 14.0. The number of nitrogens with one attached hydrogen (secondary N) is 1. The highest BCUT2D eigenvalue weighted by atomic mass is 79.9. The lowest BCUT2D eigenvalue weighted by atomic mass is 9.92. The van der Waals surface area contributed by atoms with Crippen LogP contribution >= 0.6 is 35.1 Å². The van der Waals surface area contributed by atoms with Crippen LogP contribution in [0.1, 0.15) is 68.3 Å². The van der Waals surface area contributed by atoms with Crippen molar-refractivity contribution in [2.24, 2.45) is 0 Å². The van der Waals surface area contributed by atoms with E-state index in [1.165, 1.54) is 30.3 Å². The van der Waals surface area contributed by atoms with Crippen LogP contribution in [0.2, 0.25) is 5.02 Å². The fourth-order valence-electron chi connectivity index (χ4n) is 4.03. The molecule has 0 spiro atoms. The molecule has 3 rings (SSSR count). The molecule has 11 heteroatoms. The molecule has 202 valence electrons. The number of Topliss-reactive ketones (excluding diaryl/α,β-unsaturated/α-hetero) is 1. The molecule has 0 bridgehead atoms. The van der Waals surface area contributed by atoms with Crippen molar-refractivity contribution >= 4 is 50.9 Å². The highest BCUT2D eigenvalue weighted by molar-refractivity contribution is 9.12. The Kier molecular flexibility index (Phi) is 10.7. The molecule has 7 nitrogen and oxygen atoms in total. The molecule has 0 aliphatic heterocycles. The van der Waals surface area contributed by atoms with Gasteiger partial charge in [0.05, 0.1) is 22.6 Å². The van der Waals surface area contributed by atoms with Crippen molar-refractivity contribution < 1.29 is 26.8 Å². The molecular weight excluding hydrogens is 601 g/mol. The van der Waals surface area contributed by atoms with E-state index in [9.17, 15) is 17.8 Å². The Labute approximate surface area is 232 Å². The molecule has 1 N–H and O–H groups in total. The van der Waals surface area contributed by atoms with Crippen LogP contribution in [0.25, 0.3) is 0 Å². The summed E-state index contributed by atoms with van der Waals surface area (Å²) in [5.74, 6) is -0.361. The van der Waals surface area contributed by atoms with Crippen molar-refractivity contribution in [3.63, 3.8) is 0 Å². The van der Waals surface area contributed by atoms with Gasteiger partial charge in [0, 0.05) is 16.1 Å². The molecule has 1 aliphatic rings. The first-order valence-corrected chi connectivity index (χ1v) is 16.5. The van der Waals surface area contributed by atoms with Gasteiger partial charge in [-0.25, -0.2) is 8.42 Å². The summed E-state index contributed by atoms with van der Waals surface area (Å²) in [6.07, 6.45) is 6.06. The molecular formula is C26H32BrClNO6PS. The Hall–Kier alpha value is -1.32. The zero-order chi connectivity index (χ0) is 27.1. The van der Waals surface area contributed by atoms with Gasteiger partial charge in [0.1, 0.15) is 0 Å². The standard InChI is InChI=1S/C26H32BrClNO6PS/c1-3-5-9-17-34-36(31,35-18-10-6-4-2)26(29-37(32,33)21-15-13-20(28)14-16-21)19-24(27)25(30)22-11-7-8-12-23(22)26/h7-8,11-16,19,29H,3-6,9-10,17-18H2,1-2H3/t26-/m0/s1. The minimum atomic E-state index is -4.30. The van der Waals surface area contributed by atoms with Crippen LogP contribution < -0.4 is 4.72 Å². The maximum Gasteiger partial charge on any atom is 0.360 e. The maximum atomic E-state index is 14.8. The Morgan fingerprint density at radius 1 is 0.946 bits per heavy atom. The van der Waals surface area contributed by atoms with Crippen LogP contribution in [0.5, 0.6) is 0 Å². The number of sulfonamides is 1. The van der Waals surface area contributed by atoms with Gasteiger partial charge in [-0.15, -0.1) is 0 Å². The first-order chi connectivity index (χ1) is 17.6. The van der Waals surface area contributed by atoms with E-state index in [4.69, 9.17) is 20.6 Å². The third kappa shape index (κ3) is 6.82. The summed E-state index contributed by atoms with van der Waals surface area (Å²) < 4.78 is 56.9. The molecule has 0 radical (unpaired) electrons. The van der Waals surface area contributed by atoms with Crippen molar-refractivity contribution in [2.45, 2.75) is 62.5 Å². The van der Waals surface area contributed by atoms with Crippen molar-refractivity contribution in [3.8, 4) is 0 Å². The Morgan fingerprint density at radius 3 is 2.08 bits per heavy atom. The minimum absolute atomic E-state index is 0.0551. The molecule has 1 atom stereocenters. The third-order valence-electron chi connectivity index (χ3n) is 6.00. The van der Waals surface area contributed by atoms with E-state index >= 15 is 0 Å². The SMILES string of the molecule is CCCCCOP(=O)(OCCCCC)[C@@]1(NS(=O)(=O)c2ccc(Cl)cc2)C=C(Br)C(=O)c2ccccc21. The number of unbranched alkanes of at least 4 members (excludes halogenated alkanes) is 4. The lowest BCUT2D eigenvalue weighted by Gasteiger charge is -2.40. The van der Waals surface area contributed by atoms with Crippen molar-refractivity contribution in [1.29, 1.82) is 0 Å². The van der Waals surface area contributed by atoms with Crippen LogP contribution in [0.4, 0.5) is 0 Å². The summed E-state index contributed by atoms with van der Waals surface area (Å²) in [6, 6.07) is 12.1. The quantitative estimate of drug-likeness (QED) is 0.171. The van der Waals surface area contributed by atoms with Crippen LogP contribution in [0, 0.1) is 0 Å². The van der Waals surface area contributed by atoms with Crippen molar-refractivity contribution in [3.05, 3.63) is 75.2 Å². The van der Waals surface area contributed by atoms with E-state index in [0.717, 1.165) is 25.7 Å². The predicted molar refractivity (Wildman–Crippen MR) is 150 cm³/mol. The summed E-state index contributed by atoms with van der Waals surface area (Å²) in [7, 11) is -8.59. The van der Waals surface area contributed by atoms with Crippen LogP contribution in [-0.2, 0) is 28.9 Å². The maximum absolute atomic E-state index is 14.8. The fraction of sp³-hybridized carbons (Fsp3) is 0.423. The normalized spacial score (nSPS) is 17.9. The number of rotatable bonds is 14. The van der Waals surface area contributed by atoms with Gasteiger partial charge in [0.25, 0.3) is 0 Å². The van der Waals surface area contributed by atoms with Crippen LogP contribution in [0.3, 0.4) is 0 Å².